The second-order valence-corrected chi connectivity index (χ2v) is 7.26. The van der Waals surface area contributed by atoms with E-state index < -0.39 is 5.25 Å². The molecule has 27 heavy (non-hydrogen) atoms. The average molecular weight is 381 g/mol. The molecule has 3 aromatic rings. The molecule has 1 atom stereocenters. The zero-order valence-corrected chi connectivity index (χ0v) is 16.0. The summed E-state index contributed by atoms with van der Waals surface area (Å²) in [6.45, 7) is 3.26. The topological polar surface area (TPSA) is 89.8 Å². The number of amides is 1. The number of anilines is 1. The first-order valence-corrected chi connectivity index (χ1v) is 9.22. The molecule has 0 spiro atoms. The van der Waals surface area contributed by atoms with Crippen LogP contribution in [-0.2, 0) is 11.8 Å². The predicted molar refractivity (Wildman–Crippen MR) is 105 cm³/mol. The van der Waals surface area contributed by atoms with Crippen LogP contribution in [-0.4, -0.2) is 36.7 Å². The van der Waals surface area contributed by atoms with Crippen molar-refractivity contribution in [2.24, 2.45) is 7.05 Å². The minimum atomic E-state index is -0.418. The van der Waals surface area contributed by atoms with Crippen LogP contribution in [0.5, 0.6) is 0 Å². The van der Waals surface area contributed by atoms with E-state index in [9.17, 15) is 9.59 Å². The summed E-state index contributed by atoms with van der Waals surface area (Å²) in [4.78, 5) is 28.3. The first kappa shape index (κ1) is 18.8. The smallest absolute Gasteiger partial charge is 0.237 e. The number of benzene rings is 1. The van der Waals surface area contributed by atoms with Crippen LogP contribution in [0.25, 0.3) is 11.4 Å². The highest BCUT2D eigenvalue weighted by Gasteiger charge is 2.20. The van der Waals surface area contributed by atoms with Crippen molar-refractivity contribution in [2.75, 3.05) is 5.32 Å². The lowest BCUT2D eigenvalue weighted by atomic mass is 10.1. The summed E-state index contributed by atoms with van der Waals surface area (Å²) < 4.78 is 1.84. The molecule has 138 valence electrons. The second-order valence-electron chi connectivity index (χ2n) is 5.95. The molecule has 0 bridgehead atoms. The van der Waals surface area contributed by atoms with Crippen molar-refractivity contribution >= 4 is 29.1 Å². The van der Waals surface area contributed by atoms with Gasteiger partial charge >= 0.3 is 0 Å². The van der Waals surface area contributed by atoms with E-state index in [0.29, 0.717) is 22.2 Å². The van der Waals surface area contributed by atoms with Gasteiger partial charge in [0, 0.05) is 30.6 Å². The standard InChI is InChI=1S/C19H19N5O2S/c1-12(25)15-6-4-5-7-16(15)21-18(26)13(2)27-19-23-22-17(24(19)3)14-8-10-20-11-9-14/h4-11,13H,1-3H3,(H,21,26)/t13-/m0/s1. The van der Waals surface area contributed by atoms with Gasteiger partial charge in [-0.25, -0.2) is 0 Å². The average Bonchev–Trinajstić information content (AvgIpc) is 3.03. The Morgan fingerprint density at radius 1 is 1.11 bits per heavy atom. The van der Waals surface area contributed by atoms with Gasteiger partial charge in [0.05, 0.1) is 10.9 Å². The summed E-state index contributed by atoms with van der Waals surface area (Å²) in [5, 5.41) is 11.4. The molecule has 7 nitrogen and oxygen atoms in total. The Morgan fingerprint density at radius 3 is 2.52 bits per heavy atom. The third-order valence-corrected chi connectivity index (χ3v) is 5.12. The number of nitrogens with zero attached hydrogens (tertiary/aromatic N) is 4. The highest BCUT2D eigenvalue weighted by Crippen LogP contribution is 2.26. The maximum atomic E-state index is 12.6. The number of carbonyl (C=O) groups excluding carboxylic acids is 2. The number of aromatic nitrogens is 4. The maximum absolute atomic E-state index is 12.6. The Morgan fingerprint density at radius 2 is 1.81 bits per heavy atom. The highest BCUT2D eigenvalue weighted by atomic mass is 32.2. The number of thioether (sulfide) groups is 1. The van der Waals surface area contributed by atoms with Gasteiger partial charge in [-0.2, -0.15) is 0 Å². The maximum Gasteiger partial charge on any atom is 0.237 e. The van der Waals surface area contributed by atoms with Gasteiger partial charge in [-0.1, -0.05) is 23.9 Å². The molecule has 1 aromatic carbocycles. The van der Waals surface area contributed by atoms with Gasteiger partial charge in [0.25, 0.3) is 0 Å². The number of ketones is 1. The monoisotopic (exact) mass is 381 g/mol. The number of Topliss-reactive ketones (excluding diaryl/α,β-unsaturated/α-hetero) is 1. The number of hydrogen-bond donors (Lipinski definition) is 1. The number of carbonyl (C=O) groups is 2. The van der Waals surface area contributed by atoms with E-state index in [1.807, 2.05) is 23.7 Å². The Labute approximate surface area is 161 Å². The van der Waals surface area contributed by atoms with Crippen LogP contribution in [0.3, 0.4) is 0 Å². The van der Waals surface area contributed by atoms with Crippen LogP contribution in [0.4, 0.5) is 5.69 Å². The molecule has 0 saturated carbocycles. The summed E-state index contributed by atoms with van der Waals surface area (Å²) in [6, 6.07) is 10.7. The van der Waals surface area contributed by atoms with Gasteiger partial charge in [0.2, 0.25) is 5.91 Å². The van der Waals surface area contributed by atoms with Gasteiger partial charge in [0.1, 0.15) is 0 Å². The first-order valence-electron chi connectivity index (χ1n) is 8.34. The van der Waals surface area contributed by atoms with Gasteiger partial charge in [-0.3, -0.25) is 14.6 Å². The molecule has 0 saturated heterocycles. The lowest BCUT2D eigenvalue weighted by molar-refractivity contribution is -0.115. The summed E-state index contributed by atoms with van der Waals surface area (Å²) in [6.07, 6.45) is 3.39. The fraction of sp³-hybridized carbons (Fsp3) is 0.211. The Balaban J connectivity index is 1.73. The molecule has 0 unspecified atom stereocenters. The Kier molecular flexibility index (Phi) is 5.66. The van der Waals surface area contributed by atoms with Crippen molar-refractivity contribution in [2.45, 2.75) is 24.3 Å². The van der Waals surface area contributed by atoms with Crippen molar-refractivity contribution < 1.29 is 9.59 Å². The van der Waals surface area contributed by atoms with Gasteiger partial charge in [-0.15, -0.1) is 10.2 Å². The number of hydrogen-bond acceptors (Lipinski definition) is 6. The van der Waals surface area contributed by atoms with Crippen LogP contribution in [0.1, 0.15) is 24.2 Å². The van der Waals surface area contributed by atoms with E-state index in [2.05, 4.69) is 20.5 Å². The van der Waals surface area contributed by atoms with Crippen molar-refractivity contribution in [3.05, 3.63) is 54.4 Å². The van der Waals surface area contributed by atoms with Gasteiger partial charge < -0.3 is 9.88 Å². The summed E-state index contributed by atoms with van der Waals surface area (Å²) in [5.41, 5.74) is 1.90. The molecule has 0 aliphatic heterocycles. The zero-order valence-electron chi connectivity index (χ0n) is 15.2. The Hall–Kier alpha value is -3.00. The minimum Gasteiger partial charge on any atom is -0.324 e. The van der Waals surface area contributed by atoms with Crippen molar-refractivity contribution in [3.63, 3.8) is 0 Å². The van der Waals surface area contributed by atoms with Crippen LogP contribution < -0.4 is 5.32 Å². The summed E-state index contributed by atoms with van der Waals surface area (Å²) in [5.74, 6) is 0.401. The fourth-order valence-corrected chi connectivity index (χ4v) is 3.33. The highest BCUT2D eigenvalue weighted by molar-refractivity contribution is 8.00. The molecule has 1 amide bonds. The first-order chi connectivity index (χ1) is 13.0. The molecule has 1 N–H and O–H groups in total. The molecule has 0 radical (unpaired) electrons. The van der Waals surface area contributed by atoms with Gasteiger partial charge in [-0.05, 0) is 38.1 Å². The lowest BCUT2D eigenvalue weighted by Gasteiger charge is -2.13. The summed E-state index contributed by atoms with van der Waals surface area (Å²) in [7, 11) is 1.85. The molecule has 0 fully saturated rings. The molecule has 0 aliphatic carbocycles. The van der Waals surface area contributed by atoms with E-state index in [4.69, 9.17) is 0 Å². The fourth-order valence-electron chi connectivity index (χ4n) is 2.52. The SMILES string of the molecule is CC(=O)c1ccccc1NC(=O)[C@H](C)Sc1nnc(-c2ccncc2)n1C. The van der Waals surface area contributed by atoms with E-state index >= 15 is 0 Å². The van der Waals surface area contributed by atoms with Crippen molar-refractivity contribution in [3.8, 4) is 11.4 Å². The molecular formula is C19H19N5O2S. The van der Waals surface area contributed by atoms with Crippen LogP contribution in [0.2, 0.25) is 0 Å². The predicted octanol–water partition coefficient (Wildman–Crippen LogP) is 3.20. The van der Waals surface area contributed by atoms with Crippen LogP contribution in [0.15, 0.2) is 53.9 Å². The van der Waals surface area contributed by atoms with E-state index in [1.165, 1.54) is 18.7 Å². The summed E-state index contributed by atoms with van der Waals surface area (Å²) >= 11 is 1.30. The van der Waals surface area contributed by atoms with Crippen LogP contribution in [0, 0.1) is 0 Å². The number of nitrogens with one attached hydrogen (secondary N) is 1. The molecule has 3 rings (SSSR count). The molecule has 8 heteroatoms. The molecule has 2 heterocycles. The van der Waals surface area contributed by atoms with Crippen molar-refractivity contribution in [1.82, 2.24) is 19.7 Å². The third-order valence-electron chi connectivity index (χ3n) is 3.99. The van der Waals surface area contributed by atoms with E-state index in [1.54, 1.807) is 43.6 Å². The number of rotatable bonds is 6. The number of para-hydroxylation sites is 1. The normalized spacial score (nSPS) is 11.8. The van der Waals surface area contributed by atoms with Crippen molar-refractivity contribution in [1.29, 1.82) is 0 Å². The minimum absolute atomic E-state index is 0.0958. The number of pyridine rings is 1. The lowest BCUT2D eigenvalue weighted by Crippen LogP contribution is -2.23. The second kappa shape index (κ2) is 8.13. The van der Waals surface area contributed by atoms with Crippen LogP contribution >= 0.6 is 11.8 Å². The molecular weight excluding hydrogens is 362 g/mol. The van der Waals surface area contributed by atoms with Gasteiger partial charge in [0.15, 0.2) is 16.8 Å². The quantitative estimate of drug-likeness (QED) is 0.521. The zero-order chi connectivity index (χ0) is 19.4. The third kappa shape index (κ3) is 4.22. The largest absolute Gasteiger partial charge is 0.324 e. The molecule has 0 aliphatic rings. The van der Waals surface area contributed by atoms with E-state index in [-0.39, 0.29) is 11.7 Å². The van der Waals surface area contributed by atoms with E-state index in [0.717, 1.165) is 5.56 Å². The molecule has 2 aromatic heterocycles. The Bertz CT molecular complexity index is 971.